The van der Waals surface area contributed by atoms with Crippen molar-refractivity contribution in [3.8, 4) is 17.2 Å². The number of carbonyl (C=O) groups is 1. The van der Waals surface area contributed by atoms with Gasteiger partial charge in [-0.05, 0) is 75.5 Å². The number of carbonyl (C=O) groups excluding carboxylic acids is 1. The molecule has 48 heavy (non-hydrogen) atoms. The largest absolute Gasteiger partial charge is 0.496 e. The number of amides is 1. The highest BCUT2D eigenvalue weighted by molar-refractivity contribution is 5.66. The Morgan fingerprint density at radius 2 is 1.71 bits per heavy atom. The van der Waals surface area contributed by atoms with Crippen molar-refractivity contribution in [2.24, 2.45) is 0 Å². The maximum atomic E-state index is 14.0. The van der Waals surface area contributed by atoms with Crippen molar-refractivity contribution in [3.63, 3.8) is 0 Å². The molecule has 3 aromatic rings. The fourth-order valence-electron chi connectivity index (χ4n) is 5.83. The first-order valence-electron chi connectivity index (χ1n) is 16.7. The molecule has 2 unspecified atom stereocenters. The summed E-state index contributed by atoms with van der Waals surface area (Å²) in [6.45, 7) is 11.1. The van der Waals surface area contributed by atoms with Crippen LogP contribution in [0.5, 0.6) is 17.2 Å². The third kappa shape index (κ3) is 11.4. The molecule has 3 aromatic carbocycles. The molecule has 9 nitrogen and oxygen atoms in total. The fraction of sp³-hybridized carbons (Fsp3) is 0.500. The standard InChI is InChI=1S/C38H51FN2O7/c1-38(2,3)41-20-18-33(28-12-15-32(16-13-28)46-22-8-21-45-27-30-9-6-7-10-34(30)43-4)36(26-41)48-24-23-47-35-25-31(39)14-11-29(35)17-19-40-37(42)44-5/h6-7,9-16,25,33,36H,8,17-24,26-27H2,1-5H3,(H,40,42). The van der Waals surface area contributed by atoms with Crippen molar-refractivity contribution >= 4 is 6.09 Å². The molecule has 1 aliphatic heterocycles. The van der Waals surface area contributed by atoms with Crippen LogP contribution in [0.1, 0.15) is 56.2 Å². The number of ether oxygens (including phenoxy) is 6. The van der Waals surface area contributed by atoms with E-state index >= 15 is 0 Å². The Kier molecular flexibility index (Phi) is 14.3. The van der Waals surface area contributed by atoms with Gasteiger partial charge in [0.25, 0.3) is 0 Å². The third-order valence-electron chi connectivity index (χ3n) is 8.52. The molecule has 0 aliphatic carbocycles. The number of nitrogens with one attached hydrogen (secondary N) is 1. The second-order valence-electron chi connectivity index (χ2n) is 12.8. The molecule has 1 N–H and O–H groups in total. The number of hydrogen-bond acceptors (Lipinski definition) is 8. The molecule has 0 spiro atoms. The maximum absolute atomic E-state index is 14.0. The SMILES string of the molecule is COC(=O)NCCc1ccc(F)cc1OCCOC1CN(C(C)(C)C)CCC1c1ccc(OCCCOCc2ccccc2OC)cc1. The lowest BCUT2D eigenvalue weighted by atomic mass is 9.85. The molecule has 1 aliphatic rings. The number of rotatable bonds is 17. The van der Waals surface area contributed by atoms with Gasteiger partial charge in [0, 0.05) is 42.6 Å². The number of alkyl carbamates (subject to hydrolysis) is 1. The average molecular weight is 667 g/mol. The minimum Gasteiger partial charge on any atom is -0.496 e. The van der Waals surface area contributed by atoms with E-state index in [0.717, 1.165) is 48.6 Å². The van der Waals surface area contributed by atoms with Gasteiger partial charge in [-0.25, -0.2) is 9.18 Å². The fourth-order valence-corrected chi connectivity index (χ4v) is 5.83. The summed E-state index contributed by atoms with van der Waals surface area (Å²) in [7, 11) is 2.98. The van der Waals surface area contributed by atoms with Crippen molar-refractivity contribution in [2.45, 2.75) is 64.2 Å². The molecule has 1 amide bonds. The Morgan fingerprint density at radius 1 is 0.917 bits per heavy atom. The predicted octanol–water partition coefficient (Wildman–Crippen LogP) is 6.77. The Morgan fingerprint density at radius 3 is 2.46 bits per heavy atom. The molecular formula is C38H51FN2O7. The summed E-state index contributed by atoms with van der Waals surface area (Å²) < 4.78 is 48.4. The van der Waals surface area contributed by atoms with Gasteiger partial charge in [-0.3, -0.25) is 4.90 Å². The molecule has 2 atom stereocenters. The molecule has 0 radical (unpaired) electrons. The lowest BCUT2D eigenvalue weighted by Crippen LogP contribution is -2.52. The highest BCUT2D eigenvalue weighted by Crippen LogP contribution is 2.34. The van der Waals surface area contributed by atoms with Crippen molar-refractivity contribution in [1.29, 1.82) is 0 Å². The van der Waals surface area contributed by atoms with Crippen molar-refractivity contribution in [3.05, 3.63) is 89.2 Å². The van der Waals surface area contributed by atoms with E-state index in [1.807, 2.05) is 36.4 Å². The van der Waals surface area contributed by atoms with E-state index in [2.05, 4.69) is 47.9 Å². The van der Waals surface area contributed by atoms with Crippen LogP contribution in [-0.4, -0.2) is 82.9 Å². The molecule has 0 bridgehead atoms. The van der Waals surface area contributed by atoms with E-state index < -0.39 is 6.09 Å². The van der Waals surface area contributed by atoms with Gasteiger partial charge < -0.3 is 33.7 Å². The number of hydrogen-bond donors (Lipinski definition) is 1. The quantitative estimate of drug-likeness (QED) is 0.158. The van der Waals surface area contributed by atoms with E-state index in [0.29, 0.717) is 45.1 Å². The molecule has 262 valence electrons. The predicted molar refractivity (Wildman–Crippen MR) is 184 cm³/mol. The summed E-state index contributed by atoms with van der Waals surface area (Å²) in [6.07, 6.45) is 1.68. The van der Waals surface area contributed by atoms with E-state index in [-0.39, 0.29) is 30.0 Å². The van der Waals surface area contributed by atoms with Gasteiger partial charge in [0.05, 0.1) is 46.8 Å². The van der Waals surface area contributed by atoms with Gasteiger partial charge in [0.2, 0.25) is 0 Å². The van der Waals surface area contributed by atoms with Gasteiger partial charge in [-0.2, -0.15) is 0 Å². The topological polar surface area (TPSA) is 87.7 Å². The van der Waals surface area contributed by atoms with Crippen LogP contribution in [0, 0.1) is 5.82 Å². The van der Waals surface area contributed by atoms with E-state index in [9.17, 15) is 9.18 Å². The monoisotopic (exact) mass is 666 g/mol. The molecule has 1 fully saturated rings. The first-order chi connectivity index (χ1) is 23.2. The average Bonchev–Trinajstić information content (AvgIpc) is 3.09. The zero-order valence-corrected chi connectivity index (χ0v) is 29.0. The lowest BCUT2D eigenvalue weighted by Gasteiger charge is -2.45. The van der Waals surface area contributed by atoms with Crippen LogP contribution >= 0.6 is 0 Å². The van der Waals surface area contributed by atoms with Crippen LogP contribution in [0.2, 0.25) is 0 Å². The highest BCUT2D eigenvalue weighted by atomic mass is 19.1. The van der Waals surface area contributed by atoms with Gasteiger partial charge in [0.1, 0.15) is 29.7 Å². The van der Waals surface area contributed by atoms with Gasteiger partial charge in [0.15, 0.2) is 0 Å². The summed E-state index contributed by atoms with van der Waals surface area (Å²) >= 11 is 0. The molecule has 1 heterocycles. The number of piperidine rings is 1. The molecule has 10 heteroatoms. The molecule has 1 saturated heterocycles. The summed E-state index contributed by atoms with van der Waals surface area (Å²) in [5.74, 6) is 1.94. The number of benzene rings is 3. The molecular weight excluding hydrogens is 615 g/mol. The number of halogens is 1. The highest BCUT2D eigenvalue weighted by Gasteiger charge is 2.35. The lowest BCUT2D eigenvalue weighted by molar-refractivity contribution is -0.0461. The minimum absolute atomic E-state index is 0.0202. The van der Waals surface area contributed by atoms with Crippen molar-refractivity contribution in [2.75, 3.05) is 60.3 Å². The van der Waals surface area contributed by atoms with Crippen LogP contribution in [0.3, 0.4) is 0 Å². The molecule has 0 aromatic heterocycles. The van der Waals surface area contributed by atoms with Crippen molar-refractivity contribution in [1.82, 2.24) is 10.2 Å². The Hall–Kier alpha value is -3.86. The Balaban J connectivity index is 1.27. The number of para-hydroxylation sites is 1. The minimum atomic E-state index is -0.510. The molecule has 0 saturated carbocycles. The van der Waals surface area contributed by atoms with Gasteiger partial charge in [-0.15, -0.1) is 0 Å². The van der Waals surface area contributed by atoms with Crippen LogP contribution in [0.25, 0.3) is 0 Å². The van der Waals surface area contributed by atoms with Crippen LogP contribution < -0.4 is 19.5 Å². The number of likely N-dealkylation sites (tertiary alicyclic amines) is 1. The number of nitrogens with zero attached hydrogens (tertiary/aromatic N) is 1. The summed E-state index contributed by atoms with van der Waals surface area (Å²) in [4.78, 5) is 13.9. The van der Waals surface area contributed by atoms with E-state index in [4.69, 9.17) is 23.7 Å². The summed E-state index contributed by atoms with van der Waals surface area (Å²) in [5.41, 5.74) is 3.06. The van der Waals surface area contributed by atoms with E-state index in [1.54, 1.807) is 13.2 Å². The number of methoxy groups -OCH3 is 2. The van der Waals surface area contributed by atoms with Crippen molar-refractivity contribution < 1.29 is 37.6 Å². The second kappa shape index (κ2) is 18.6. The third-order valence-corrected chi connectivity index (χ3v) is 8.52. The normalized spacial score (nSPS) is 16.7. The first-order valence-corrected chi connectivity index (χ1v) is 16.7. The second-order valence-corrected chi connectivity index (χ2v) is 12.8. The van der Waals surface area contributed by atoms with Gasteiger partial charge in [-0.1, -0.05) is 36.4 Å². The Labute approximate surface area is 284 Å². The van der Waals surface area contributed by atoms with Gasteiger partial charge >= 0.3 is 6.09 Å². The first kappa shape index (κ1) is 37.0. The van der Waals surface area contributed by atoms with Crippen LogP contribution in [-0.2, 0) is 27.2 Å². The summed E-state index contributed by atoms with van der Waals surface area (Å²) in [5, 5.41) is 2.64. The molecule has 4 rings (SSSR count). The smallest absolute Gasteiger partial charge is 0.406 e. The zero-order valence-electron chi connectivity index (χ0n) is 29.0. The Bertz CT molecular complexity index is 1410. The maximum Gasteiger partial charge on any atom is 0.406 e. The zero-order chi connectivity index (χ0) is 34.4. The van der Waals surface area contributed by atoms with Crippen LogP contribution in [0.4, 0.5) is 9.18 Å². The van der Waals surface area contributed by atoms with E-state index in [1.165, 1.54) is 24.8 Å². The summed E-state index contributed by atoms with van der Waals surface area (Å²) in [6, 6.07) is 20.6. The van der Waals surface area contributed by atoms with Crippen LogP contribution in [0.15, 0.2) is 66.7 Å².